The summed E-state index contributed by atoms with van der Waals surface area (Å²) in [6, 6.07) is 14.3. The second kappa shape index (κ2) is 8.53. The summed E-state index contributed by atoms with van der Waals surface area (Å²) in [5.41, 5.74) is 2.77. The third-order valence-electron chi connectivity index (χ3n) is 4.73. The molecule has 0 saturated heterocycles. The lowest BCUT2D eigenvalue weighted by Crippen LogP contribution is -2.20. The van der Waals surface area contributed by atoms with Crippen LogP contribution in [0.1, 0.15) is 23.2 Å². The minimum Gasteiger partial charge on any atom is -0.478 e. The van der Waals surface area contributed by atoms with Gasteiger partial charge in [0.15, 0.2) is 5.76 Å². The Morgan fingerprint density at radius 2 is 1.83 bits per heavy atom. The van der Waals surface area contributed by atoms with Crippen molar-refractivity contribution in [1.29, 1.82) is 0 Å². The molecule has 0 fully saturated rings. The number of benzene rings is 2. The number of carboxylic acid groups (broad SMARTS) is 1. The summed E-state index contributed by atoms with van der Waals surface area (Å²) in [5, 5.41) is 12.2. The fourth-order valence-corrected chi connectivity index (χ4v) is 3.20. The van der Waals surface area contributed by atoms with Crippen LogP contribution >= 0.6 is 0 Å². The summed E-state index contributed by atoms with van der Waals surface area (Å²) < 4.78 is 11.0. The Labute approximate surface area is 173 Å². The average molecular weight is 401 g/mol. The smallest absolute Gasteiger partial charge is 0.337 e. The molecule has 0 aromatic heterocycles. The number of allylic oxidation sites excluding steroid dienone is 4. The predicted octanol–water partition coefficient (Wildman–Crippen LogP) is 5.00. The Morgan fingerprint density at radius 3 is 2.57 bits per heavy atom. The van der Waals surface area contributed by atoms with Gasteiger partial charge in [0.05, 0.1) is 11.3 Å². The molecule has 1 aliphatic heterocycles. The van der Waals surface area contributed by atoms with E-state index >= 15 is 0 Å². The first-order chi connectivity index (χ1) is 14.6. The first-order valence-electron chi connectivity index (χ1n) is 9.45. The predicted molar refractivity (Wildman–Crippen MR) is 112 cm³/mol. The largest absolute Gasteiger partial charge is 0.478 e. The number of amides is 1. The van der Waals surface area contributed by atoms with E-state index in [-0.39, 0.29) is 17.0 Å². The zero-order valence-corrected chi connectivity index (χ0v) is 16.0. The van der Waals surface area contributed by atoms with Crippen LogP contribution in [0.15, 0.2) is 96.4 Å². The second-order valence-electron chi connectivity index (χ2n) is 6.75. The number of rotatable bonds is 5. The number of hydrogen-bond acceptors (Lipinski definition) is 4. The number of anilines is 1. The van der Waals surface area contributed by atoms with Crippen LogP contribution in [0.5, 0.6) is 0 Å². The van der Waals surface area contributed by atoms with E-state index in [0.29, 0.717) is 5.76 Å². The van der Waals surface area contributed by atoms with E-state index in [9.17, 15) is 14.7 Å². The highest BCUT2D eigenvalue weighted by atomic mass is 16.5. The monoisotopic (exact) mass is 401 g/mol. The SMILES string of the molecule is O=C(Nc1cc(-c2ccccc2)ccc1C(=O)O)C1=COC=C(C2=CC=CCC2)O1. The van der Waals surface area contributed by atoms with Crippen molar-refractivity contribution in [1.82, 2.24) is 0 Å². The van der Waals surface area contributed by atoms with E-state index < -0.39 is 11.9 Å². The van der Waals surface area contributed by atoms with Crippen LogP contribution in [0.4, 0.5) is 5.69 Å². The molecule has 1 heterocycles. The molecule has 0 spiro atoms. The van der Waals surface area contributed by atoms with Crippen molar-refractivity contribution < 1.29 is 24.2 Å². The topological polar surface area (TPSA) is 84.9 Å². The molecule has 4 rings (SSSR count). The molecule has 150 valence electrons. The van der Waals surface area contributed by atoms with Gasteiger partial charge in [0.1, 0.15) is 12.5 Å². The summed E-state index contributed by atoms with van der Waals surface area (Å²) in [5.74, 6) is -1.33. The number of aromatic carboxylic acids is 1. The first-order valence-corrected chi connectivity index (χ1v) is 9.45. The highest BCUT2D eigenvalue weighted by Crippen LogP contribution is 2.29. The molecule has 0 radical (unpaired) electrons. The number of carbonyl (C=O) groups is 2. The minimum atomic E-state index is -1.14. The number of carbonyl (C=O) groups excluding carboxylic acids is 1. The molecule has 2 aliphatic rings. The number of hydrogen-bond donors (Lipinski definition) is 2. The van der Waals surface area contributed by atoms with Gasteiger partial charge in [-0.05, 0) is 41.7 Å². The molecule has 1 amide bonds. The van der Waals surface area contributed by atoms with E-state index in [4.69, 9.17) is 9.47 Å². The summed E-state index contributed by atoms with van der Waals surface area (Å²) in [7, 11) is 0. The maximum atomic E-state index is 12.8. The minimum absolute atomic E-state index is 0.0174. The van der Waals surface area contributed by atoms with Gasteiger partial charge < -0.3 is 19.9 Å². The van der Waals surface area contributed by atoms with E-state index in [1.165, 1.54) is 18.6 Å². The number of nitrogens with one attached hydrogen (secondary N) is 1. The molecule has 6 heteroatoms. The molecule has 2 aromatic carbocycles. The van der Waals surface area contributed by atoms with Gasteiger partial charge in [-0.1, -0.05) is 54.6 Å². The fraction of sp³-hybridized carbons (Fsp3) is 0.0833. The zero-order valence-electron chi connectivity index (χ0n) is 16.0. The van der Waals surface area contributed by atoms with Crippen molar-refractivity contribution in [3.63, 3.8) is 0 Å². The van der Waals surface area contributed by atoms with Crippen LogP contribution in [0, 0.1) is 0 Å². The maximum Gasteiger partial charge on any atom is 0.337 e. The fourth-order valence-electron chi connectivity index (χ4n) is 3.20. The van der Waals surface area contributed by atoms with Crippen LogP contribution < -0.4 is 5.32 Å². The molecule has 0 saturated carbocycles. The molecule has 6 nitrogen and oxygen atoms in total. The summed E-state index contributed by atoms with van der Waals surface area (Å²) in [4.78, 5) is 24.4. The van der Waals surface area contributed by atoms with Crippen LogP contribution in [0.3, 0.4) is 0 Å². The van der Waals surface area contributed by atoms with E-state index in [1.54, 1.807) is 12.1 Å². The highest BCUT2D eigenvalue weighted by molar-refractivity contribution is 6.07. The average Bonchev–Trinajstić information content (AvgIpc) is 2.80. The third-order valence-corrected chi connectivity index (χ3v) is 4.73. The van der Waals surface area contributed by atoms with Crippen LogP contribution in [0.25, 0.3) is 11.1 Å². The van der Waals surface area contributed by atoms with Gasteiger partial charge in [0.2, 0.25) is 5.76 Å². The molecule has 2 N–H and O–H groups in total. The van der Waals surface area contributed by atoms with Crippen molar-refractivity contribution in [3.8, 4) is 11.1 Å². The molecule has 1 aliphatic carbocycles. The van der Waals surface area contributed by atoms with E-state index in [0.717, 1.165) is 29.5 Å². The van der Waals surface area contributed by atoms with Crippen molar-refractivity contribution in [3.05, 3.63) is 102 Å². The van der Waals surface area contributed by atoms with Gasteiger partial charge in [0.25, 0.3) is 5.91 Å². The molecule has 0 unspecified atom stereocenters. The Hall–Kier alpha value is -4.06. The van der Waals surface area contributed by atoms with E-state index in [2.05, 4.69) is 5.32 Å². The first kappa shape index (κ1) is 19.3. The number of carboxylic acids is 1. The molecule has 2 aromatic rings. The molecule has 0 bridgehead atoms. The van der Waals surface area contributed by atoms with Crippen molar-refractivity contribution in [2.45, 2.75) is 12.8 Å². The zero-order chi connectivity index (χ0) is 20.9. The standard InChI is InChI=1S/C24H19NO5/c26-23(22-15-29-14-21(30-22)17-9-5-2-6-10-17)25-20-13-18(11-12-19(20)24(27)28)16-7-3-1-4-8-16/h1-5,7-9,11-15H,6,10H2,(H,25,26)(H,27,28). The second-order valence-corrected chi connectivity index (χ2v) is 6.75. The maximum absolute atomic E-state index is 12.8. The highest BCUT2D eigenvalue weighted by Gasteiger charge is 2.22. The van der Waals surface area contributed by atoms with Gasteiger partial charge in [-0.3, -0.25) is 4.79 Å². The van der Waals surface area contributed by atoms with Gasteiger partial charge in [-0.25, -0.2) is 4.79 Å². The van der Waals surface area contributed by atoms with Crippen molar-refractivity contribution >= 4 is 17.6 Å². The third kappa shape index (κ3) is 4.17. The van der Waals surface area contributed by atoms with Crippen molar-refractivity contribution in [2.75, 3.05) is 5.32 Å². The molecular formula is C24H19NO5. The van der Waals surface area contributed by atoms with Gasteiger partial charge in [-0.15, -0.1) is 0 Å². The van der Waals surface area contributed by atoms with Crippen molar-refractivity contribution in [2.24, 2.45) is 0 Å². The van der Waals surface area contributed by atoms with Gasteiger partial charge >= 0.3 is 5.97 Å². The summed E-state index contributed by atoms with van der Waals surface area (Å²) in [6.45, 7) is 0. The molecular weight excluding hydrogens is 382 g/mol. The quantitative estimate of drug-likeness (QED) is 0.737. The van der Waals surface area contributed by atoms with Crippen LogP contribution in [-0.2, 0) is 14.3 Å². The van der Waals surface area contributed by atoms with Gasteiger partial charge in [0, 0.05) is 0 Å². The molecule has 30 heavy (non-hydrogen) atoms. The van der Waals surface area contributed by atoms with Crippen LogP contribution in [-0.4, -0.2) is 17.0 Å². The lowest BCUT2D eigenvalue weighted by Gasteiger charge is -2.19. The van der Waals surface area contributed by atoms with E-state index in [1.807, 2.05) is 48.6 Å². The lowest BCUT2D eigenvalue weighted by molar-refractivity contribution is -0.115. The van der Waals surface area contributed by atoms with Gasteiger partial charge in [-0.2, -0.15) is 0 Å². The Balaban J connectivity index is 1.56. The summed E-state index contributed by atoms with van der Waals surface area (Å²) in [6.07, 6.45) is 10.2. The Kier molecular flexibility index (Phi) is 5.48. The van der Waals surface area contributed by atoms with Crippen LogP contribution in [0.2, 0.25) is 0 Å². The number of ether oxygens (including phenoxy) is 2. The Bertz CT molecular complexity index is 1110. The lowest BCUT2D eigenvalue weighted by atomic mass is 10.0. The normalized spacial score (nSPS) is 15.1. The summed E-state index contributed by atoms with van der Waals surface area (Å²) >= 11 is 0. The Morgan fingerprint density at radius 1 is 1.00 bits per heavy atom. The molecule has 0 atom stereocenters.